The molecule has 0 bridgehead atoms. The molecule has 2 amide bonds. The van der Waals surface area contributed by atoms with Crippen molar-refractivity contribution in [1.29, 1.82) is 0 Å². The van der Waals surface area contributed by atoms with E-state index in [2.05, 4.69) is 24.5 Å². The smallest absolute Gasteiger partial charge is 0.255 e. The Labute approximate surface area is 153 Å². The number of amides is 2. The van der Waals surface area contributed by atoms with Gasteiger partial charge in [0, 0.05) is 28.0 Å². The van der Waals surface area contributed by atoms with Gasteiger partial charge in [0.1, 0.15) is 0 Å². The third-order valence-corrected chi connectivity index (χ3v) is 5.37. The van der Waals surface area contributed by atoms with Crippen LogP contribution < -0.4 is 16.4 Å². The van der Waals surface area contributed by atoms with E-state index < -0.39 is 5.91 Å². The van der Waals surface area contributed by atoms with Gasteiger partial charge in [-0.2, -0.15) is 0 Å². The number of anilines is 2. The third kappa shape index (κ3) is 2.94. The molecule has 2 aromatic rings. The van der Waals surface area contributed by atoms with Crippen LogP contribution in [0.3, 0.4) is 0 Å². The van der Waals surface area contributed by atoms with Crippen LogP contribution >= 0.6 is 0 Å². The number of hydrogen-bond donors (Lipinski definition) is 3. The van der Waals surface area contributed by atoms with Gasteiger partial charge >= 0.3 is 0 Å². The van der Waals surface area contributed by atoms with Gasteiger partial charge in [0.25, 0.3) is 5.91 Å². The van der Waals surface area contributed by atoms with E-state index in [0.29, 0.717) is 16.8 Å². The van der Waals surface area contributed by atoms with E-state index >= 15 is 0 Å². The average Bonchev–Trinajstić information content (AvgIpc) is 3.33. The predicted octanol–water partition coefficient (Wildman–Crippen LogP) is 3.66. The van der Waals surface area contributed by atoms with Gasteiger partial charge in [0.05, 0.1) is 0 Å². The minimum Gasteiger partial charge on any atom is -0.380 e. The quantitative estimate of drug-likeness (QED) is 0.790. The van der Waals surface area contributed by atoms with Gasteiger partial charge in [-0.3, -0.25) is 9.59 Å². The summed E-state index contributed by atoms with van der Waals surface area (Å²) in [5.74, 6) is -0.700. The van der Waals surface area contributed by atoms with Crippen molar-refractivity contribution in [2.24, 2.45) is 5.73 Å². The first-order valence-corrected chi connectivity index (χ1v) is 8.92. The number of carbonyl (C=O) groups is 2. The first kappa shape index (κ1) is 16.6. The van der Waals surface area contributed by atoms with Gasteiger partial charge in [0.15, 0.2) is 0 Å². The second-order valence-electron chi connectivity index (χ2n) is 8.13. The topological polar surface area (TPSA) is 84.2 Å². The molecule has 4 rings (SSSR count). The Morgan fingerprint density at radius 3 is 2.54 bits per heavy atom. The number of benzene rings is 2. The SMILES string of the molecule is CC1(C)CC2(CC2)c2cc(C(=O)Nc3cccc(C(N)=O)c3)ccc2N1. The summed E-state index contributed by atoms with van der Waals surface area (Å²) in [6.45, 7) is 4.45. The number of fused-ring (bicyclic) bond motifs is 2. The molecule has 26 heavy (non-hydrogen) atoms. The molecule has 5 heteroatoms. The van der Waals surface area contributed by atoms with Crippen LogP contribution in [0, 0.1) is 0 Å². The minimum absolute atomic E-state index is 0.0719. The van der Waals surface area contributed by atoms with E-state index in [9.17, 15) is 9.59 Å². The van der Waals surface area contributed by atoms with Crippen molar-refractivity contribution in [3.05, 3.63) is 59.2 Å². The molecule has 1 fully saturated rings. The summed E-state index contributed by atoms with van der Waals surface area (Å²) >= 11 is 0. The Morgan fingerprint density at radius 1 is 1.08 bits per heavy atom. The standard InChI is InChI=1S/C21H23N3O2/c1-20(2)12-21(8-9-21)16-11-14(6-7-17(16)24-20)19(26)23-15-5-3-4-13(10-15)18(22)25/h3-7,10-11,24H,8-9,12H2,1-2H3,(H2,22,25)(H,23,26). The highest BCUT2D eigenvalue weighted by Gasteiger charge is 2.51. The van der Waals surface area contributed by atoms with Crippen molar-refractivity contribution in [1.82, 2.24) is 0 Å². The molecule has 4 N–H and O–H groups in total. The second kappa shape index (κ2) is 5.59. The Kier molecular flexibility index (Phi) is 3.58. The van der Waals surface area contributed by atoms with Crippen molar-refractivity contribution in [3.8, 4) is 0 Å². The van der Waals surface area contributed by atoms with Crippen LogP contribution in [0.25, 0.3) is 0 Å². The Morgan fingerprint density at radius 2 is 1.85 bits per heavy atom. The van der Waals surface area contributed by atoms with Gasteiger partial charge in [-0.1, -0.05) is 6.07 Å². The summed E-state index contributed by atoms with van der Waals surface area (Å²) in [4.78, 5) is 24.0. The van der Waals surface area contributed by atoms with E-state index in [4.69, 9.17) is 5.73 Å². The number of nitrogens with one attached hydrogen (secondary N) is 2. The third-order valence-electron chi connectivity index (χ3n) is 5.37. The summed E-state index contributed by atoms with van der Waals surface area (Å²) in [5.41, 5.74) is 9.52. The van der Waals surface area contributed by atoms with Crippen molar-refractivity contribution in [2.75, 3.05) is 10.6 Å². The zero-order valence-electron chi connectivity index (χ0n) is 15.1. The molecule has 2 aliphatic rings. The predicted molar refractivity (Wildman–Crippen MR) is 103 cm³/mol. The van der Waals surface area contributed by atoms with Crippen LogP contribution in [-0.2, 0) is 5.41 Å². The molecular weight excluding hydrogens is 326 g/mol. The van der Waals surface area contributed by atoms with Crippen molar-refractivity contribution in [3.63, 3.8) is 0 Å². The monoisotopic (exact) mass is 349 g/mol. The molecule has 1 heterocycles. The summed E-state index contributed by atoms with van der Waals surface area (Å²) in [5, 5.41) is 6.44. The first-order chi connectivity index (χ1) is 12.3. The molecular formula is C21H23N3O2. The highest BCUT2D eigenvalue weighted by atomic mass is 16.2. The zero-order chi connectivity index (χ0) is 18.5. The van der Waals surface area contributed by atoms with Crippen LogP contribution in [0.2, 0.25) is 0 Å². The first-order valence-electron chi connectivity index (χ1n) is 8.92. The van der Waals surface area contributed by atoms with E-state index in [-0.39, 0.29) is 16.9 Å². The molecule has 1 aliphatic heterocycles. The molecule has 2 aromatic carbocycles. The lowest BCUT2D eigenvalue weighted by Crippen LogP contribution is -2.40. The van der Waals surface area contributed by atoms with Crippen molar-refractivity contribution >= 4 is 23.2 Å². The van der Waals surface area contributed by atoms with E-state index in [1.165, 1.54) is 18.4 Å². The largest absolute Gasteiger partial charge is 0.380 e. The van der Waals surface area contributed by atoms with Gasteiger partial charge in [0.2, 0.25) is 5.91 Å². The van der Waals surface area contributed by atoms with E-state index in [1.54, 1.807) is 24.3 Å². The summed E-state index contributed by atoms with van der Waals surface area (Å²) in [6.07, 6.45) is 3.44. The minimum atomic E-state index is -0.515. The molecule has 0 saturated heterocycles. The fourth-order valence-electron chi connectivity index (χ4n) is 4.13. The van der Waals surface area contributed by atoms with Gasteiger partial charge < -0.3 is 16.4 Å². The molecule has 1 saturated carbocycles. The van der Waals surface area contributed by atoms with Gasteiger partial charge in [-0.25, -0.2) is 0 Å². The number of carbonyl (C=O) groups excluding carboxylic acids is 2. The number of nitrogens with two attached hydrogens (primary N) is 1. The maximum absolute atomic E-state index is 12.7. The molecule has 0 aromatic heterocycles. The number of primary amides is 1. The lowest BCUT2D eigenvalue weighted by Gasteiger charge is -2.39. The lowest BCUT2D eigenvalue weighted by molar-refractivity contribution is 0.0996. The summed E-state index contributed by atoms with van der Waals surface area (Å²) < 4.78 is 0. The summed E-state index contributed by atoms with van der Waals surface area (Å²) in [7, 11) is 0. The Bertz CT molecular complexity index is 913. The molecule has 1 spiro atoms. The molecule has 1 aliphatic carbocycles. The van der Waals surface area contributed by atoms with Crippen LogP contribution in [0.4, 0.5) is 11.4 Å². The highest BCUT2D eigenvalue weighted by molar-refractivity contribution is 6.05. The van der Waals surface area contributed by atoms with Crippen molar-refractivity contribution < 1.29 is 9.59 Å². The number of rotatable bonds is 3. The highest BCUT2D eigenvalue weighted by Crippen LogP contribution is 2.58. The maximum Gasteiger partial charge on any atom is 0.255 e. The van der Waals surface area contributed by atoms with Gasteiger partial charge in [-0.15, -0.1) is 0 Å². The Hall–Kier alpha value is -2.82. The van der Waals surface area contributed by atoms with E-state index in [0.717, 1.165) is 12.1 Å². The second-order valence-corrected chi connectivity index (χ2v) is 8.13. The molecule has 0 unspecified atom stereocenters. The maximum atomic E-state index is 12.7. The van der Waals surface area contributed by atoms with Gasteiger partial charge in [-0.05, 0) is 80.5 Å². The zero-order valence-corrected chi connectivity index (χ0v) is 15.1. The molecule has 134 valence electrons. The molecule has 0 atom stereocenters. The lowest BCUT2D eigenvalue weighted by atomic mass is 9.78. The molecule has 0 radical (unpaired) electrons. The van der Waals surface area contributed by atoms with Crippen LogP contribution in [0.15, 0.2) is 42.5 Å². The van der Waals surface area contributed by atoms with Crippen LogP contribution in [-0.4, -0.2) is 17.4 Å². The Balaban J connectivity index is 1.61. The average molecular weight is 349 g/mol. The van der Waals surface area contributed by atoms with E-state index in [1.807, 2.05) is 18.2 Å². The normalized spacial score (nSPS) is 18.5. The van der Waals surface area contributed by atoms with Crippen LogP contribution in [0.1, 0.15) is 59.4 Å². The fraction of sp³-hybridized carbons (Fsp3) is 0.333. The van der Waals surface area contributed by atoms with Crippen molar-refractivity contribution in [2.45, 2.75) is 44.1 Å². The summed E-state index contributed by atoms with van der Waals surface area (Å²) in [6, 6.07) is 12.5. The molecule has 5 nitrogen and oxygen atoms in total. The van der Waals surface area contributed by atoms with Crippen LogP contribution in [0.5, 0.6) is 0 Å². The number of hydrogen-bond acceptors (Lipinski definition) is 3. The fourth-order valence-corrected chi connectivity index (χ4v) is 4.13.